The molecule has 12 aromatic rings. The Morgan fingerprint density at radius 1 is 0.243 bits per heavy atom. The Labute approximate surface area is 852 Å². The maximum atomic E-state index is 11.8. The van der Waals surface area contributed by atoms with Crippen molar-refractivity contribution in [1.29, 1.82) is 0 Å². The van der Waals surface area contributed by atoms with Crippen LogP contribution in [0.25, 0.3) is 0 Å². The highest BCUT2D eigenvalue weighted by molar-refractivity contribution is 5.94. The molecule has 1 aliphatic carbocycles. The van der Waals surface area contributed by atoms with Gasteiger partial charge in [0.15, 0.2) is 0 Å². The van der Waals surface area contributed by atoms with E-state index in [0.717, 1.165) is 153 Å². The molecule has 0 aromatic heterocycles. The van der Waals surface area contributed by atoms with Crippen LogP contribution in [0.2, 0.25) is 0 Å². The van der Waals surface area contributed by atoms with Gasteiger partial charge in [-0.05, 0) is 377 Å². The molecule has 0 bridgehead atoms. The summed E-state index contributed by atoms with van der Waals surface area (Å²) in [6, 6.07) is 58.2. The number of hydrogen-bond donors (Lipinski definition) is 13. The summed E-state index contributed by atoms with van der Waals surface area (Å²) in [5.41, 5.74) is 36.7. The summed E-state index contributed by atoms with van der Waals surface area (Å²) in [6.07, 6.45) is 3.30. The summed E-state index contributed by atoms with van der Waals surface area (Å²) in [5.74, 6) is 6.47. The predicted octanol–water partition coefficient (Wildman–Crippen LogP) is 25.6. The van der Waals surface area contributed by atoms with E-state index in [2.05, 4.69) is 234 Å². The van der Waals surface area contributed by atoms with Crippen LogP contribution in [0.5, 0.6) is 40.2 Å². The van der Waals surface area contributed by atoms with Crippen LogP contribution in [0.3, 0.4) is 0 Å². The van der Waals surface area contributed by atoms with Crippen molar-refractivity contribution in [3.8, 4) is 40.2 Å². The van der Waals surface area contributed by atoms with E-state index in [1.54, 1.807) is 54.4 Å². The van der Waals surface area contributed by atoms with Gasteiger partial charge in [0.25, 0.3) is 0 Å². The maximum absolute atomic E-state index is 11.8. The van der Waals surface area contributed by atoms with Crippen LogP contribution in [0.1, 0.15) is 194 Å². The lowest BCUT2D eigenvalue weighted by molar-refractivity contribution is 0.253. The van der Waals surface area contributed by atoms with E-state index >= 15 is 0 Å². The SMILES string of the molecule is CCOc1cccc(NC(=O)NC)c1COc1cc(C)c(C)cc1C.CCc1cccc(NC(=O)NC)c1COc1cc(C)c(C)cc1C.CNC(=O)Nc1cccc(C)c1COc1cc(C)c(C)cc1C.CNC(=O)Nc1cccc(C)c1COc1cc(C)c(C)cc1C.CNC(=O)Nc1cccc(C2CC2)c1COc1cc(C)c(C)cc1C.CNC(=O)Nc1cccc(CO)c1COc1cc(C)c(C)cc1C. The molecular weight excluding hydrogens is 1810 g/mol. The monoisotopic (exact) mass is 1960 g/mol. The quantitative estimate of drug-likeness (QED) is 0.0207. The number of benzene rings is 12. The molecule has 0 heterocycles. The first kappa shape index (κ1) is 114. The van der Waals surface area contributed by atoms with Crippen molar-refractivity contribution in [3.05, 3.63) is 343 Å². The first-order valence-electron chi connectivity index (χ1n) is 48.7. The van der Waals surface area contributed by atoms with Crippen molar-refractivity contribution in [2.75, 3.05) is 80.8 Å². The fourth-order valence-corrected chi connectivity index (χ4v) is 15.7. The largest absolute Gasteiger partial charge is 0.493 e. The van der Waals surface area contributed by atoms with Crippen molar-refractivity contribution in [3.63, 3.8) is 0 Å². The minimum absolute atomic E-state index is 0.117. The third kappa shape index (κ3) is 33.5. The molecule has 0 aliphatic heterocycles. The summed E-state index contributed by atoms with van der Waals surface area (Å²) >= 11 is 0. The Bertz CT molecular complexity index is 6210. The van der Waals surface area contributed by atoms with Gasteiger partial charge in [0.1, 0.15) is 79.9 Å². The average molecular weight is 1960 g/mol. The number of ether oxygens (including phenoxy) is 7. The summed E-state index contributed by atoms with van der Waals surface area (Å²) in [4.78, 5) is 70.0. The van der Waals surface area contributed by atoms with Gasteiger partial charge in [-0.15, -0.1) is 0 Å². The fourth-order valence-electron chi connectivity index (χ4n) is 15.7. The normalized spacial score (nSPS) is 10.9. The zero-order valence-corrected chi connectivity index (χ0v) is 89.4. The van der Waals surface area contributed by atoms with Crippen LogP contribution >= 0.6 is 0 Å². The van der Waals surface area contributed by atoms with Crippen LogP contribution in [0, 0.1) is 138 Å². The fraction of sp³-hybridized carbons (Fsp3) is 0.339. The van der Waals surface area contributed by atoms with Crippen molar-refractivity contribution in [1.82, 2.24) is 31.9 Å². The van der Waals surface area contributed by atoms with Crippen LogP contribution in [-0.4, -0.2) is 90.2 Å². The molecule has 1 saturated carbocycles. The van der Waals surface area contributed by atoms with Gasteiger partial charge in [-0.1, -0.05) is 110 Å². The van der Waals surface area contributed by atoms with Gasteiger partial charge in [0.05, 0.1) is 24.5 Å². The Morgan fingerprint density at radius 2 is 0.465 bits per heavy atom. The molecule has 12 amide bonds. The number of hydrogen-bond acceptors (Lipinski definition) is 14. The zero-order chi connectivity index (χ0) is 106. The predicted molar refractivity (Wildman–Crippen MR) is 585 cm³/mol. The minimum Gasteiger partial charge on any atom is -0.493 e. The number of aryl methyl sites for hydroxylation is 21. The maximum Gasteiger partial charge on any atom is 0.318 e. The van der Waals surface area contributed by atoms with Crippen molar-refractivity contribution < 1.29 is 67.0 Å². The molecule has 0 spiro atoms. The molecule has 1 fully saturated rings. The van der Waals surface area contributed by atoms with E-state index in [0.29, 0.717) is 62.7 Å². The number of urea groups is 6. The van der Waals surface area contributed by atoms with E-state index in [-0.39, 0.29) is 49.4 Å². The van der Waals surface area contributed by atoms with Crippen LogP contribution in [-0.2, 0) is 52.7 Å². The lowest BCUT2D eigenvalue weighted by atomic mass is 10.0. The Morgan fingerprint density at radius 3 is 0.736 bits per heavy atom. The molecule has 26 heteroatoms. The number of carbonyl (C=O) groups is 6. The van der Waals surface area contributed by atoms with Gasteiger partial charge in [0.2, 0.25) is 0 Å². The molecule has 0 saturated heterocycles. The number of aliphatic hydroxyl groups excluding tert-OH is 1. The van der Waals surface area contributed by atoms with Crippen molar-refractivity contribution >= 4 is 70.3 Å². The van der Waals surface area contributed by atoms with E-state index in [4.69, 9.17) is 33.2 Å². The van der Waals surface area contributed by atoms with Gasteiger partial charge >= 0.3 is 36.2 Å². The number of aliphatic hydroxyl groups is 1. The summed E-state index contributed by atoms with van der Waals surface area (Å²) in [7, 11) is 9.55. The van der Waals surface area contributed by atoms with Gasteiger partial charge < -0.3 is 102 Å². The Kier molecular flexibility index (Phi) is 44.3. The number of nitrogens with one attached hydrogen (secondary N) is 12. The number of carbonyl (C=O) groups excluding carboxylic acids is 6. The van der Waals surface area contributed by atoms with Crippen LogP contribution in [0.15, 0.2) is 182 Å². The van der Waals surface area contributed by atoms with Gasteiger partial charge in [-0.25, -0.2) is 28.8 Å². The molecule has 13 N–H and O–H groups in total. The van der Waals surface area contributed by atoms with E-state index < -0.39 is 0 Å². The topological polar surface area (TPSA) is 332 Å². The highest BCUT2D eigenvalue weighted by atomic mass is 16.5. The highest BCUT2D eigenvalue weighted by Gasteiger charge is 2.29. The molecular formula is C118H150N12O14. The molecule has 766 valence electrons. The number of amides is 12. The van der Waals surface area contributed by atoms with E-state index in [1.165, 1.54) is 85.2 Å². The second-order valence-corrected chi connectivity index (χ2v) is 36.1. The smallest absolute Gasteiger partial charge is 0.318 e. The average Bonchev–Trinajstić information content (AvgIpc) is 1.64. The van der Waals surface area contributed by atoms with Gasteiger partial charge in [-0.3, -0.25) is 0 Å². The highest BCUT2D eigenvalue weighted by Crippen LogP contribution is 2.44. The Hall–Kier alpha value is -15.2. The Balaban J connectivity index is 0.000000211. The summed E-state index contributed by atoms with van der Waals surface area (Å²) in [6.45, 7) is 48.0. The first-order valence-corrected chi connectivity index (χ1v) is 48.7. The third-order valence-electron chi connectivity index (χ3n) is 25.4. The van der Waals surface area contributed by atoms with E-state index in [9.17, 15) is 33.9 Å². The summed E-state index contributed by atoms with van der Waals surface area (Å²) in [5, 5.41) is 42.1. The molecule has 0 atom stereocenters. The minimum atomic E-state index is -0.311. The lowest BCUT2D eigenvalue weighted by Gasteiger charge is -2.17. The van der Waals surface area contributed by atoms with Crippen LogP contribution in [0.4, 0.5) is 62.9 Å². The second-order valence-electron chi connectivity index (χ2n) is 36.1. The molecule has 1 aliphatic rings. The standard InChI is InChI=1S/C21H26N2O2.C20H26N2O3.C20H26N2O2.C19H24N2O3.2C19H24N2O2/c1-13-10-15(3)20(11-14(13)2)25-12-18-17(16-8-9-16)6-5-7-19(18)23-21(24)22-4;1-6-24-18-9-7-8-17(22-20(23)21-5)16(18)12-25-19-11-14(3)13(2)10-15(19)4;1-6-16-8-7-9-18(22-20(23)21-5)17(16)12-24-19-11-14(3)13(2)10-15(19)4;1-12-8-14(3)18(9-13(12)2)24-11-16-15(10-22)6-5-7-17(16)21-19(23)20-4;2*1-12-7-6-8-17(21-19(22)20-5)16(12)11-23-18-10-14(3)13(2)9-15(18)4/h5-7,10-11,16H,8-9,12H2,1-4H3,(H2,22,23,24);7-11H,6,12H2,1-5H3,(H2,21,22,23);7-11H,6,12H2,1-5H3,(H2,21,22,23);5-9,22H,10-11H2,1-4H3,(H2,20,21,23);2*6-10H,11H2,1-5H3,(H2,20,21,22). The number of anilines is 6. The summed E-state index contributed by atoms with van der Waals surface area (Å²) < 4.78 is 42.0. The lowest BCUT2D eigenvalue weighted by Crippen LogP contribution is -2.25. The third-order valence-corrected chi connectivity index (χ3v) is 25.4. The van der Waals surface area contributed by atoms with Crippen LogP contribution < -0.4 is 97.0 Å². The van der Waals surface area contributed by atoms with Crippen molar-refractivity contribution in [2.24, 2.45) is 0 Å². The van der Waals surface area contributed by atoms with E-state index in [1.807, 2.05) is 152 Å². The molecule has 144 heavy (non-hydrogen) atoms. The molecule has 13 rings (SSSR count). The molecule has 12 aromatic carbocycles. The zero-order valence-electron chi connectivity index (χ0n) is 89.4. The molecule has 0 unspecified atom stereocenters. The molecule has 0 radical (unpaired) electrons. The number of rotatable bonds is 29. The second kappa shape index (κ2) is 55.9. The van der Waals surface area contributed by atoms with Crippen molar-refractivity contribution in [2.45, 2.75) is 224 Å². The van der Waals surface area contributed by atoms with Gasteiger partial charge in [0, 0.05) is 98.5 Å². The molecule has 26 nitrogen and oxygen atoms in total. The van der Waals surface area contributed by atoms with Gasteiger partial charge in [-0.2, -0.15) is 0 Å². The first-order chi connectivity index (χ1) is 68.7.